The molecule has 6 heteroatoms. The molecule has 0 aromatic carbocycles. The maximum absolute atomic E-state index is 14.2. The molecule has 1 aliphatic carbocycles. The average molecular weight is 330 g/mol. The molecule has 0 radical (unpaired) electrons. The van der Waals surface area contributed by atoms with Crippen LogP contribution in [0.5, 0.6) is 0 Å². The smallest absolute Gasteiger partial charge is 0.223 e. The topological polar surface area (TPSA) is 70.9 Å². The molecule has 0 amide bonds. The van der Waals surface area contributed by atoms with Crippen LogP contribution in [0, 0.1) is 5.82 Å². The molecule has 2 N–H and O–H groups in total. The summed E-state index contributed by atoms with van der Waals surface area (Å²) in [6, 6.07) is 3.70. The molecule has 1 aliphatic rings. The van der Waals surface area contributed by atoms with Crippen LogP contribution >= 0.6 is 0 Å². The summed E-state index contributed by atoms with van der Waals surface area (Å²) < 4.78 is 14.2. The number of aromatic nitrogens is 3. The van der Waals surface area contributed by atoms with E-state index in [1.807, 2.05) is 0 Å². The van der Waals surface area contributed by atoms with E-state index in [4.69, 9.17) is 0 Å². The van der Waals surface area contributed by atoms with Crippen LogP contribution in [0.3, 0.4) is 0 Å². The predicted octanol–water partition coefficient (Wildman–Crippen LogP) is 3.65. The zero-order valence-corrected chi connectivity index (χ0v) is 14.1. The van der Waals surface area contributed by atoms with E-state index in [1.165, 1.54) is 25.5 Å². The van der Waals surface area contributed by atoms with Crippen LogP contribution < -0.4 is 5.32 Å². The van der Waals surface area contributed by atoms with E-state index in [-0.39, 0.29) is 5.69 Å². The van der Waals surface area contributed by atoms with Crippen molar-refractivity contribution >= 4 is 5.95 Å². The van der Waals surface area contributed by atoms with Gasteiger partial charge in [-0.05, 0) is 38.8 Å². The highest BCUT2D eigenvalue weighted by Gasteiger charge is 2.20. The Hall–Kier alpha value is -2.08. The number of nitrogens with zero attached hydrogens (tertiary/aromatic N) is 3. The van der Waals surface area contributed by atoms with Gasteiger partial charge in [0.25, 0.3) is 0 Å². The van der Waals surface area contributed by atoms with Gasteiger partial charge in [0.1, 0.15) is 11.3 Å². The fourth-order valence-corrected chi connectivity index (χ4v) is 2.98. The first-order valence-electron chi connectivity index (χ1n) is 8.42. The third-order valence-electron chi connectivity index (χ3n) is 4.34. The lowest BCUT2D eigenvalue weighted by atomic mass is 9.96. The fourth-order valence-electron chi connectivity index (χ4n) is 2.98. The standard InChI is InChI=1S/C18H23FN4O/c1-18(2,24)15-10-12(8-9-20-15)16-14(19)11-21-17(23-16)22-13-6-4-3-5-7-13/h8-11,13,24H,3-7H2,1-2H3,(H,21,22,23). The number of nitrogens with one attached hydrogen (secondary N) is 1. The van der Waals surface area contributed by atoms with Gasteiger partial charge in [-0.25, -0.2) is 14.4 Å². The third kappa shape index (κ3) is 3.87. The maximum Gasteiger partial charge on any atom is 0.223 e. The molecule has 0 atom stereocenters. The minimum absolute atomic E-state index is 0.219. The lowest BCUT2D eigenvalue weighted by Gasteiger charge is -2.23. The zero-order valence-electron chi connectivity index (χ0n) is 14.1. The minimum Gasteiger partial charge on any atom is -0.384 e. The zero-order chi connectivity index (χ0) is 17.2. The van der Waals surface area contributed by atoms with Crippen LogP contribution in [0.15, 0.2) is 24.5 Å². The third-order valence-corrected chi connectivity index (χ3v) is 4.34. The molecular weight excluding hydrogens is 307 g/mol. The molecule has 128 valence electrons. The largest absolute Gasteiger partial charge is 0.384 e. The molecule has 0 bridgehead atoms. The van der Waals surface area contributed by atoms with Crippen molar-refractivity contribution in [2.45, 2.75) is 57.6 Å². The molecule has 2 aromatic heterocycles. The van der Waals surface area contributed by atoms with Crippen LogP contribution in [0.4, 0.5) is 10.3 Å². The summed E-state index contributed by atoms with van der Waals surface area (Å²) in [6.07, 6.45) is 8.60. The van der Waals surface area contributed by atoms with E-state index >= 15 is 0 Å². The summed E-state index contributed by atoms with van der Waals surface area (Å²) in [6.45, 7) is 3.29. The summed E-state index contributed by atoms with van der Waals surface area (Å²) in [5, 5.41) is 13.4. The Kier molecular flexibility index (Phi) is 4.76. The number of halogens is 1. The number of rotatable bonds is 4. The molecule has 0 saturated heterocycles. The highest BCUT2D eigenvalue weighted by molar-refractivity contribution is 5.61. The Morgan fingerprint density at radius 1 is 1.21 bits per heavy atom. The Labute approximate surface area is 141 Å². The van der Waals surface area contributed by atoms with Gasteiger partial charge in [-0.1, -0.05) is 19.3 Å². The van der Waals surface area contributed by atoms with Gasteiger partial charge in [-0.15, -0.1) is 0 Å². The van der Waals surface area contributed by atoms with E-state index in [2.05, 4.69) is 20.3 Å². The Bertz CT molecular complexity index is 708. The Balaban J connectivity index is 1.89. The van der Waals surface area contributed by atoms with E-state index in [9.17, 15) is 9.50 Å². The van der Waals surface area contributed by atoms with E-state index in [0.29, 0.717) is 23.2 Å². The average Bonchev–Trinajstić information content (AvgIpc) is 2.57. The summed E-state index contributed by atoms with van der Waals surface area (Å²) in [7, 11) is 0. The molecular formula is C18H23FN4O. The van der Waals surface area contributed by atoms with Crippen LogP contribution in [0.2, 0.25) is 0 Å². The summed E-state index contributed by atoms with van der Waals surface area (Å²) in [5.74, 6) is -0.0444. The van der Waals surface area contributed by atoms with Gasteiger partial charge in [-0.3, -0.25) is 4.98 Å². The molecule has 2 aromatic rings. The second-order valence-corrected chi connectivity index (χ2v) is 6.86. The second-order valence-electron chi connectivity index (χ2n) is 6.86. The van der Waals surface area contributed by atoms with Gasteiger partial charge < -0.3 is 10.4 Å². The van der Waals surface area contributed by atoms with Crippen LogP contribution in [-0.2, 0) is 5.60 Å². The highest BCUT2D eigenvalue weighted by Crippen LogP contribution is 2.26. The van der Waals surface area contributed by atoms with Crippen LogP contribution in [0.1, 0.15) is 51.6 Å². The second kappa shape index (κ2) is 6.81. The van der Waals surface area contributed by atoms with Crippen LogP contribution in [0.25, 0.3) is 11.3 Å². The Morgan fingerprint density at radius 3 is 2.67 bits per heavy atom. The van der Waals surface area contributed by atoms with Crippen molar-refractivity contribution in [3.8, 4) is 11.3 Å². The summed E-state index contributed by atoms with van der Waals surface area (Å²) >= 11 is 0. The van der Waals surface area contributed by atoms with Crippen molar-refractivity contribution in [3.05, 3.63) is 36.0 Å². The predicted molar refractivity (Wildman–Crippen MR) is 91.0 cm³/mol. The number of anilines is 1. The molecule has 0 spiro atoms. The number of aliphatic hydroxyl groups is 1. The Morgan fingerprint density at radius 2 is 1.96 bits per heavy atom. The molecule has 2 heterocycles. The summed E-state index contributed by atoms with van der Waals surface area (Å²) in [5.41, 5.74) is 0.174. The first-order chi connectivity index (χ1) is 11.4. The number of hydrogen-bond donors (Lipinski definition) is 2. The quantitative estimate of drug-likeness (QED) is 0.895. The molecule has 5 nitrogen and oxygen atoms in total. The summed E-state index contributed by atoms with van der Waals surface area (Å²) in [4.78, 5) is 12.6. The SMILES string of the molecule is CC(C)(O)c1cc(-c2nc(NC3CCCCC3)ncc2F)ccn1. The van der Waals surface area contributed by atoms with E-state index in [0.717, 1.165) is 12.8 Å². The van der Waals surface area contributed by atoms with Crippen molar-refractivity contribution in [1.82, 2.24) is 15.0 Å². The first kappa shape index (κ1) is 16.8. The van der Waals surface area contributed by atoms with Crippen molar-refractivity contribution in [2.24, 2.45) is 0 Å². The molecule has 0 unspecified atom stereocenters. The van der Waals surface area contributed by atoms with Crippen molar-refractivity contribution < 1.29 is 9.50 Å². The molecule has 3 rings (SSSR count). The normalized spacial score (nSPS) is 16.2. The molecule has 1 saturated carbocycles. The molecule has 24 heavy (non-hydrogen) atoms. The fraction of sp³-hybridized carbons (Fsp3) is 0.500. The maximum atomic E-state index is 14.2. The van der Waals surface area contributed by atoms with Gasteiger partial charge in [0, 0.05) is 17.8 Å². The monoisotopic (exact) mass is 330 g/mol. The number of pyridine rings is 1. The van der Waals surface area contributed by atoms with Gasteiger partial charge in [-0.2, -0.15) is 0 Å². The molecule has 1 fully saturated rings. The lowest BCUT2D eigenvalue weighted by molar-refractivity contribution is 0.0739. The number of hydrogen-bond acceptors (Lipinski definition) is 5. The minimum atomic E-state index is -1.09. The van der Waals surface area contributed by atoms with Gasteiger partial charge >= 0.3 is 0 Å². The van der Waals surface area contributed by atoms with Gasteiger partial charge in [0.15, 0.2) is 5.82 Å². The van der Waals surface area contributed by atoms with Crippen LogP contribution in [-0.4, -0.2) is 26.1 Å². The van der Waals surface area contributed by atoms with Gasteiger partial charge in [0.2, 0.25) is 5.95 Å². The van der Waals surface area contributed by atoms with Crippen molar-refractivity contribution in [3.63, 3.8) is 0 Å². The first-order valence-corrected chi connectivity index (χ1v) is 8.42. The molecule has 0 aliphatic heterocycles. The van der Waals surface area contributed by atoms with Crippen molar-refractivity contribution in [1.29, 1.82) is 0 Å². The van der Waals surface area contributed by atoms with Gasteiger partial charge in [0.05, 0.1) is 11.9 Å². The van der Waals surface area contributed by atoms with E-state index in [1.54, 1.807) is 32.2 Å². The van der Waals surface area contributed by atoms with Crippen molar-refractivity contribution in [2.75, 3.05) is 5.32 Å². The lowest BCUT2D eigenvalue weighted by Crippen LogP contribution is -2.23. The highest BCUT2D eigenvalue weighted by atomic mass is 19.1. The van der Waals surface area contributed by atoms with E-state index < -0.39 is 11.4 Å².